The summed E-state index contributed by atoms with van der Waals surface area (Å²) in [6.07, 6.45) is 5.98. The first kappa shape index (κ1) is 22.6. The van der Waals surface area contributed by atoms with E-state index in [1.54, 1.807) is 0 Å². The molecule has 3 aliphatic rings. The Morgan fingerprint density at radius 2 is 2.07 bits per heavy atom. The number of ether oxygens (including phenoxy) is 2. The molecular formula is C22H35IN4O2. The fraction of sp³-hybridized carbons (Fsp3) is 0.682. The van der Waals surface area contributed by atoms with Gasteiger partial charge in [-0.2, -0.15) is 0 Å². The van der Waals surface area contributed by atoms with Crippen molar-refractivity contribution in [1.29, 1.82) is 0 Å². The Kier molecular flexibility index (Phi) is 8.04. The normalized spacial score (nSPS) is 26.3. The minimum atomic E-state index is -0.0153. The van der Waals surface area contributed by atoms with Crippen LogP contribution in [0.25, 0.3) is 0 Å². The van der Waals surface area contributed by atoms with E-state index in [0.29, 0.717) is 6.54 Å². The van der Waals surface area contributed by atoms with Crippen molar-refractivity contribution < 1.29 is 9.47 Å². The Hall–Kier alpha value is -1.06. The van der Waals surface area contributed by atoms with Gasteiger partial charge in [-0.1, -0.05) is 18.2 Å². The van der Waals surface area contributed by atoms with Gasteiger partial charge in [0.05, 0.1) is 25.3 Å². The summed E-state index contributed by atoms with van der Waals surface area (Å²) in [5, 5.41) is 7.12. The lowest BCUT2D eigenvalue weighted by atomic mass is 9.86. The van der Waals surface area contributed by atoms with Crippen LogP contribution >= 0.6 is 24.0 Å². The van der Waals surface area contributed by atoms with E-state index in [-0.39, 0.29) is 41.7 Å². The molecule has 1 saturated carbocycles. The van der Waals surface area contributed by atoms with Crippen molar-refractivity contribution in [2.75, 3.05) is 39.8 Å². The molecule has 0 aromatic heterocycles. The van der Waals surface area contributed by atoms with Crippen LogP contribution in [0.15, 0.2) is 29.3 Å². The number of guanidine groups is 1. The smallest absolute Gasteiger partial charge is 0.191 e. The van der Waals surface area contributed by atoms with Crippen molar-refractivity contribution >= 4 is 29.9 Å². The molecule has 1 aromatic rings. The summed E-state index contributed by atoms with van der Waals surface area (Å²) in [5.74, 6) is 1.90. The van der Waals surface area contributed by atoms with Crippen molar-refractivity contribution in [1.82, 2.24) is 15.5 Å². The Bertz CT molecular complexity index is 693. The first-order valence-corrected chi connectivity index (χ1v) is 10.8. The molecular weight excluding hydrogens is 479 g/mol. The summed E-state index contributed by atoms with van der Waals surface area (Å²) in [7, 11) is 2.14. The molecule has 2 aliphatic heterocycles. The van der Waals surface area contributed by atoms with Gasteiger partial charge in [-0.15, -0.1) is 24.0 Å². The molecule has 2 heterocycles. The molecule has 1 aliphatic carbocycles. The standard InChI is InChI=1S/C22H34N4O2.HI/c1-3-23-21(24-15-17-16-26(2)12-13-27-17)25-19-14-22(10-6-7-11-22)28-20-9-5-4-8-18(19)20;/h4-5,8-9,17,19H,3,6-7,10-16H2,1-2H3,(H2,23,24,25);1H. The molecule has 7 heteroatoms. The average molecular weight is 514 g/mol. The largest absolute Gasteiger partial charge is 0.487 e. The van der Waals surface area contributed by atoms with Gasteiger partial charge in [0, 0.05) is 31.6 Å². The first-order valence-electron chi connectivity index (χ1n) is 10.8. The quantitative estimate of drug-likeness (QED) is 0.367. The lowest BCUT2D eigenvalue weighted by Crippen LogP contribution is -2.47. The molecule has 2 unspecified atom stereocenters. The number of fused-ring (bicyclic) bond motifs is 1. The Morgan fingerprint density at radius 1 is 1.28 bits per heavy atom. The number of likely N-dealkylation sites (N-methyl/N-ethyl adjacent to an activating group) is 1. The molecule has 0 radical (unpaired) electrons. The lowest BCUT2D eigenvalue weighted by Gasteiger charge is -2.40. The molecule has 2 atom stereocenters. The summed E-state index contributed by atoms with van der Waals surface area (Å²) >= 11 is 0. The van der Waals surface area contributed by atoms with Crippen LogP contribution in [-0.4, -0.2) is 62.4 Å². The maximum atomic E-state index is 6.49. The van der Waals surface area contributed by atoms with E-state index in [9.17, 15) is 0 Å². The third kappa shape index (κ3) is 5.55. The highest BCUT2D eigenvalue weighted by Gasteiger charge is 2.43. The highest BCUT2D eigenvalue weighted by molar-refractivity contribution is 14.0. The van der Waals surface area contributed by atoms with Crippen LogP contribution in [0.5, 0.6) is 5.75 Å². The number of aliphatic imine (C=N–C) groups is 1. The van der Waals surface area contributed by atoms with E-state index in [1.807, 2.05) is 0 Å². The zero-order chi connectivity index (χ0) is 19.4. The van der Waals surface area contributed by atoms with Gasteiger partial charge in [0.1, 0.15) is 11.4 Å². The summed E-state index contributed by atoms with van der Waals surface area (Å²) in [6.45, 7) is 6.35. The van der Waals surface area contributed by atoms with Gasteiger partial charge in [-0.05, 0) is 45.7 Å². The van der Waals surface area contributed by atoms with Gasteiger partial charge in [0.2, 0.25) is 0 Å². The van der Waals surface area contributed by atoms with E-state index in [4.69, 9.17) is 14.5 Å². The highest BCUT2D eigenvalue weighted by atomic mass is 127. The van der Waals surface area contributed by atoms with E-state index in [1.165, 1.54) is 18.4 Å². The Balaban J connectivity index is 0.00000240. The van der Waals surface area contributed by atoms with Crippen molar-refractivity contribution in [2.45, 2.75) is 56.8 Å². The third-order valence-electron chi connectivity index (χ3n) is 6.16. The van der Waals surface area contributed by atoms with Crippen LogP contribution in [0.2, 0.25) is 0 Å². The molecule has 2 fully saturated rings. The molecule has 0 bridgehead atoms. The van der Waals surface area contributed by atoms with E-state index < -0.39 is 0 Å². The fourth-order valence-electron chi connectivity index (χ4n) is 4.73. The van der Waals surface area contributed by atoms with E-state index in [0.717, 1.165) is 57.2 Å². The average Bonchev–Trinajstić information content (AvgIpc) is 3.13. The third-order valence-corrected chi connectivity index (χ3v) is 6.16. The molecule has 162 valence electrons. The topological polar surface area (TPSA) is 58.1 Å². The number of halogens is 1. The molecule has 0 amide bonds. The van der Waals surface area contributed by atoms with Crippen LogP contribution in [-0.2, 0) is 4.74 Å². The minimum absolute atomic E-state index is 0. The zero-order valence-electron chi connectivity index (χ0n) is 17.7. The molecule has 1 saturated heterocycles. The van der Waals surface area contributed by atoms with Crippen molar-refractivity contribution in [3.05, 3.63) is 29.8 Å². The number of nitrogens with one attached hydrogen (secondary N) is 2. The second kappa shape index (κ2) is 10.3. The maximum absolute atomic E-state index is 6.49. The predicted octanol–water partition coefficient (Wildman–Crippen LogP) is 3.33. The van der Waals surface area contributed by atoms with Crippen molar-refractivity contribution in [2.24, 2.45) is 4.99 Å². The molecule has 2 N–H and O–H groups in total. The number of morpholine rings is 1. The predicted molar refractivity (Wildman–Crippen MR) is 127 cm³/mol. The van der Waals surface area contributed by atoms with Gasteiger partial charge in [-0.3, -0.25) is 4.99 Å². The summed E-state index contributed by atoms with van der Waals surface area (Å²) < 4.78 is 12.4. The molecule has 1 spiro atoms. The molecule has 4 rings (SSSR count). The second-order valence-electron chi connectivity index (χ2n) is 8.41. The summed E-state index contributed by atoms with van der Waals surface area (Å²) in [5.41, 5.74) is 1.22. The van der Waals surface area contributed by atoms with Gasteiger partial charge in [0.15, 0.2) is 5.96 Å². The van der Waals surface area contributed by atoms with Gasteiger partial charge in [0.25, 0.3) is 0 Å². The highest BCUT2D eigenvalue weighted by Crippen LogP contribution is 2.46. The zero-order valence-corrected chi connectivity index (χ0v) is 20.0. The number of benzene rings is 1. The summed E-state index contributed by atoms with van der Waals surface area (Å²) in [6, 6.07) is 8.67. The lowest BCUT2D eigenvalue weighted by molar-refractivity contribution is -0.0136. The number of para-hydroxylation sites is 1. The van der Waals surface area contributed by atoms with Gasteiger partial charge < -0.3 is 25.0 Å². The van der Waals surface area contributed by atoms with Gasteiger partial charge >= 0.3 is 0 Å². The van der Waals surface area contributed by atoms with Crippen molar-refractivity contribution in [3.8, 4) is 5.75 Å². The van der Waals surface area contributed by atoms with E-state index in [2.05, 4.69) is 53.8 Å². The Labute approximate surface area is 191 Å². The van der Waals surface area contributed by atoms with Crippen LogP contribution in [0.3, 0.4) is 0 Å². The van der Waals surface area contributed by atoms with Crippen molar-refractivity contribution in [3.63, 3.8) is 0 Å². The molecule has 29 heavy (non-hydrogen) atoms. The SMILES string of the molecule is CCNC(=NCC1CN(C)CCO1)NC1CC2(CCCC2)Oc2ccccc21.I. The second-order valence-corrected chi connectivity index (χ2v) is 8.41. The fourth-order valence-corrected chi connectivity index (χ4v) is 4.73. The minimum Gasteiger partial charge on any atom is -0.487 e. The number of rotatable bonds is 4. The van der Waals surface area contributed by atoms with Crippen LogP contribution < -0.4 is 15.4 Å². The summed E-state index contributed by atoms with van der Waals surface area (Å²) in [4.78, 5) is 7.16. The van der Waals surface area contributed by atoms with E-state index >= 15 is 0 Å². The van der Waals surface area contributed by atoms with Crippen LogP contribution in [0, 0.1) is 0 Å². The Morgan fingerprint density at radius 3 is 2.83 bits per heavy atom. The molecule has 1 aromatic carbocycles. The van der Waals surface area contributed by atoms with Crippen LogP contribution in [0.4, 0.5) is 0 Å². The number of hydrogen-bond acceptors (Lipinski definition) is 4. The monoisotopic (exact) mass is 514 g/mol. The molecule has 6 nitrogen and oxygen atoms in total. The number of nitrogens with zero attached hydrogens (tertiary/aromatic N) is 2. The maximum Gasteiger partial charge on any atom is 0.191 e. The first-order chi connectivity index (χ1) is 13.7. The van der Waals surface area contributed by atoms with Gasteiger partial charge in [-0.25, -0.2) is 0 Å². The number of hydrogen-bond donors (Lipinski definition) is 2. The van der Waals surface area contributed by atoms with Crippen LogP contribution in [0.1, 0.15) is 50.6 Å².